The first kappa shape index (κ1) is 17.0. The molecule has 0 aliphatic heterocycles. The summed E-state index contributed by atoms with van der Waals surface area (Å²) in [6.45, 7) is 2.77. The first-order valence-electron chi connectivity index (χ1n) is 9.04. The minimum absolute atomic E-state index is 0.178. The van der Waals surface area contributed by atoms with Crippen LogP contribution in [0, 0.1) is 6.92 Å². The van der Waals surface area contributed by atoms with E-state index in [4.69, 9.17) is 4.98 Å². The summed E-state index contributed by atoms with van der Waals surface area (Å²) in [6.07, 6.45) is 2.61. The Morgan fingerprint density at radius 3 is 2.54 bits per heavy atom. The molecule has 4 heteroatoms. The quantitative estimate of drug-likeness (QED) is 0.628. The number of carbonyl (C=O) groups excluding carboxylic acids is 1. The van der Waals surface area contributed by atoms with Crippen LogP contribution in [0.5, 0.6) is 0 Å². The van der Waals surface area contributed by atoms with Crippen LogP contribution in [-0.4, -0.2) is 21.8 Å². The van der Waals surface area contributed by atoms with Gasteiger partial charge in [0, 0.05) is 23.5 Å². The molecular weight excluding hydrogens is 340 g/mol. The second-order valence-electron chi connectivity index (χ2n) is 6.93. The highest BCUT2D eigenvalue weighted by Crippen LogP contribution is 2.30. The molecule has 1 aliphatic rings. The van der Waals surface area contributed by atoms with Gasteiger partial charge in [0.2, 0.25) is 5.91 Å². The van der Waals surface area contributed by atoms with Gasteiger partial charge in [-0.1, -0.05) is 60.2 Å². The van der Waals surface area contributed by atoms with Crippen molar-refractivity contribution >= 4 is 17.2 Å². The summed E-state index contributed by atoms with van der Waals surface area (Å²) in [5.41, 5.74) is 4.41. The van der Waals surface area contributed by atoms with Crippen LogP contribution in [0.3, 0.4) is 0 Å². The zero-order valence-electron chi connectivity index (χ0n) is 14.9. The average Bonchev–Trinajstić information content (AvgIpc) is 3.40. The van der Waals surface area contributed by atoms with E-state index < -0.39 is 0 Å². The number of benzene rings is 2. The van der Waals surface area contributed by atoms with E-state index in [9.17, 15) is 4.79 Å². The molecule has 2 aromatic carbocycles. The largest absolute Gasteiger partial charge is 0.335 e. The van der Waals surface area contributed by atoms with Crippen molar-refractivity contribution in [2.75, 3.05) is 0 Å². The summed E-state index contributed by atoms with van der Waals surface area (Å²) in [5.74, 6) is 0.178. The van der Waals surface area contributed by atoms with Crippen LogP contribution < -0.4 is 0 Å². The maximum absolute atomic E-state index is 12.9. The van der Waals surface area contributed by atoms with Gasteiger partial charge >= 0.3 is 0 Å². The van der Waals surface area contributed by atoms with Crippen molar-refractivity contribution in [3.63, 3.8) is 0 Å². The van der Waals surface area contributed by atoms with Crippen molar-refractivity contribution in [1.82, 2.24) is 9.88 Å². The zero-order chi connectivity index (χ0) is 17.9. The van der Waals surface area contributed by atoms with Gasteiger partial charge in [0.1, 0.15) is 5.01 Å². The summed E-state index contributed by atoms with van der Waals surface area (Å²) in [4.78, 5) is 19.6. The lowest BCUT2D eigenvalue weighted by atomic mass is 10.1. The fraction of sp³-hybridized carbons (Fsp3) is 0.273. The number of thiazole rings is 1. The Balaban J connectivity index is 1.45. The van der Waals surface area contributed by atoms with Gasteiger partial charge < -0.3 is 4.90 Å². The van der Waals surface area contributed by atoms with Crippen molar-refractivity contribution < 1.29 is 4.79 Å². The number of rotatable bonds is 6. The lowest BCUT2D eigenvalue weighted by molar-refractivity contribution is -0.131. The molecule has 0 spiro atoms. The molecule has 26 heavy (non-hydrogen) atoms. The predicted octanol–water partition coefficient (Wildman–Crippen LogP) is 4.85. The summed E-state index contributed by atoms with van der Waals surface area (Å²) < 4.78 is 0. The molecule has 0 saturated heterocycles. The third kappa shape index (κ3) is 4.02. The van der Waals surface area contributed by atoms with Gasteiger partial charge in [-0.2, -0.15) is 0 Å². The normalized spacial score (nSPS) is 13.6. The van der Waals surface area contributed by atoms with E-state index in [0.717, 1.165) is 29.1 Å². The van der Waals surface area contributed by atoms with Gasteiger partial charge in [-0.3, -0.25) is 4.79 Å². The molecule has 1 aliphatic carbocycles. The van der Waals surface area contributed by atoms with Crippen molar-refractivity contribution in [2.45, 2.75) is 38.8 Å². The van der Waals surface area contributed by atoms with Crippen LogP contribution in [0.1, 0.15) is 29.7 Å². The smallest absolute Gasteiger partial charge is 0.229 e. The van der Waals surface area contributed by atoms with E-state index in [1.807, 2.05) is 28.5 Å². The highest BCUT2D eigenvalue weighted by Gasteiger charge is 2.32. The van der Waals surface area contributed by atoms with Gasteiger partial charge in [-0.05, 0) is 25.3 Å². The second-order valence-corrected chi connectivity index (χ2v) is 7.78. The van der Waals surface area contributed by atoms with Crippen LogP contribution in [0.2, 0.25) is 0 Å². The lowest BCUT2D eigenvalue weighted by Gasteiger charge is -2.22. The molecule has 0 N–H and O–H groups in total. The van der Waals surface area contributed by atoms with Crippen molar-refractivity contribution in [1.29, 1.82) is 0 Å². The molecular formula is C22H22N2OS. The standard InChI is InChI=1S/C22H22N2OS/c1-16-7-9-18(10-8-16)22-23-19(15-26-22)13-21(25)24(20-11-12-20)14-17-5-3-2-4-6-17/h2-10,15,20H,11-14H2,1H3. The summed E-state index contributed by atoms with van der Waals surface area (Å²) in [5, 5.41) is 2.99. The molecule has 1 heterocycles. The fourth-order valence-electron chi connectivity index (χ4n) is 3.06. The fourth-order valence-corrected chi connectivity index (χ4v) is 3.89. The highest BCUT2D eigenvalue weighted by atomic mass is 32.1. The molecule has 0 bridgehead atoms. The Bertz CT molecular complexity index is 882. The third-order valence-corrected chi connectivity index (χ3v) is 5.63. The van der Waals surface area contributed by atoms with Gasteiger partial charge in [-0.15, -0.1) is 11.3 Å². The van der Waals surface area contributed by atoms with Crippen molar-refractivity contribution in [2.24, 2.45) is 0 Å². The Hall–Kier alpha value is -2.46. The van der Waals surface area contributed by atoms with Gasteiger partial charge in [0.25, 0.3) is 0 Å². The van der Waals surface area contributed by atoms with Crippen LogP contribution in [-0.2, 0) is 17.8 Å². The Morgan fingerprint density at radius 2 is 1.85 bits per heavy atom. The van der Waals surface area contributed by atoms with Crippen molar-refractivity contribution in [3.8, 4) is 10.6 Å². The molecule has 0 unspecified atom stereocenters. The van der Waals surface area contributed by atoms with Crippen LogP contribution in [0.15, 0.2) is 60.0 Å². The molecule has 3 nitrogen and oxygen atoms in total. The number of aryl methyl sites for hydroxylation is 1. The first-order chi connectivity index (χ1) is 12.7. The summed E-state index contributed by atoms with van der Waals surface area (Å²) in [6, 6.07) is 19.0. The molecule has 132 valence electrons. The van der Waals surface area contributed by atoms with Crippen LogP contribution in [0.4, 0.5) is 0 Å². The van der Waals surface area contributed by atoms with Gasteiger partial charge in [0.15, 0.2) is 0 Å². The number of nitrogens with zero attached hydrogens (tertiary/aromatic N) is 2. The minimum atomic E-state index is 0.178. The van der Waals surface area contributed by atoms with E-state index in [2.05, 4.69) is 43.3 Å². The molecule has 0 radical (unpaired) electrons. The van der Waals surface area contributed by atoms with E-state index in [1.165, 1.54) is 11.1 Å². The van der Waals surface area contributed by atoms with E-state index >= 15 is 0 Å². The maximum atomic E-state index is 12.9. The van der Waals surface area contributed by atoms with E-state index in [-0.39, 0.29) is 5.91 Å². The number of hydrogen-bond acceptors (Lipinski definition) is 3. The molecule has 1 aromatic heterocycles. The number of carbonyl (C=O) groups is 1. The topological polar surface area (TPSA) is 33.2 Å². The average molecular weight is 362 g/mol. The number of hydrogen-bond donors (Lipinski definition) is 0. The zero-order valence-corrected chi connectivity index (χ0v) is 15.7. The Labute approximate surface area is 158 Å². The highest BCUT2D eigenvalue weighted by molar-refractivity contribution is 7.13. The molecule has 1 amide bonds. The molecule has 4 rings (SSSR count). The molecule has 3 aromatic rings. The van der Waals surface area contributed by atoms with E-state index in [0.29, 0.717) is 19.0 Å². The van der Waals surface area contributed by atoms with Gasteiger partial charge in [-0.25, -0.2) is 4.98 Å². The summed E-state index contributed by atoms with van der Waals surface area (Å²) in [7, 11) is 0. The monoisotopic (exact) mass is 362 g/mol. The van der Waals surface area contributed by atoms with Crippen molar-refractivity contribution in [3.05, 3.63) is 76.8 Å². The minimum Gasteiger partial charge on any atom is -0.335 e. The number of amides is 1. The molecule has 1 fully saturated rings. The van der Waals surface area contributed by atoms with Gasteiger partial charge in [0.05, 0.1) is 12.1 Å². The molecule has 1 saturated carbocycles. The predicted molar refractivity (Wildman–Crippen MR) is 106 cm³/mol. The Morgan fingerprint density at radius 1 is 1.12 bits per heavy atom. The summed E-state index contributed by atoms with van der Waals surface area (Å²) >= 11 is 1.61. The Kier molecular flexibility index (Phi) is 4.85. The van der Waals surface area contributed by atoms with Crippen LogP contribution >= 0.6 is 11.3 Å². The first-order valence-corrected chi connectivity index (χ1v) is 9.92. The third-order valence-electron chi connectivity index (χ3n) is 4.69. The molecule has 0 atom stereocenters. The van der Waals surface area contributed by atoms with Crippen LogP contribution in [0.25, 0.3) is 10.6 Å². The van der Waals surface area contributed by atoms with E-state index in [1.54, 1.807) is 11.3 Å². The maximum Gasteiger partial charge on any atom is 0.229 e. The second kappa shape index (κ2) is 7.42. The number of aromatic nitrogens is 1. The SMILES string of the molecule is Cc1ccc(-c2nc(CC(=O)N(Cc3ccccc3)C3CC3)cs2)cc1. The lowest BCUT2D eigenvalue weighted by Crippen LogP contribution is -2.33.